The predicted molar refractivity (Wildman–Crippen MR) is 102 cm³/mol. The lowest BCUT2D eigenvalue weighted by Crippen LogP contribution is -2.35. The molecule has 0 spiro atoms. The summed E-state index contributed by atoms with van der Waals surface area (Å²) >= 11 is 0. The molecule has 2 saturated carbocycles. The van der Waals surface area contributed by atoms with E-state index in [1.165, 1.54) is 12.8 Å². The van der Waals surface area contributed by atoms with Crippen molar-refractivity contribution in [1.29, 1.82) is 0 Å². The molecule has 2 heterocycles. The highest BCUT2D eigenvalue weighted by Crippen LogP contribution is 2.36. The van der Waals surface area contributed by atoms with Gasteiger partial charge < -0.3 is 10.2 Å². The molecule has 2 aliphatic carbocycles. The second-order valence-electron chi connectivity index (χ2n) is 8.13. The maximum absolute atomic E-state index is 12.7. The van der Waals surface area contributed by atoms with Gasteiger partial charge in [0, 0.05) is 30.3 Å². The first-order valence-corrected chi connectivity index (χ1v) is 10.2. The number of rotatable bonds is 5. The number of anilines is 1. The first kappa shape index (κ1) is 17.3. The summed E-state index contributed by atoms with van der Waals surface area (Å²) in [6, 6.07) is 8.32. The maximum Gasteiger partial charge on any atom is 0.229 e. The number of carbonyl (C=O) groups excluding carboxylic acids is 2. The summed E-state index contributed by atoms with van der Waals surface area (Å²) in [6.45, 7) is 0.545. The Labute approximate surface area is 163 Å². The van der Waals surface area contributed by atoms with Crippen molar-refractivity contribution in [2.45, 2.75) is 57.0 Å². The van der Waals surface area contributed by atoms with E-state index in [4.69, 9.17) is 0 Å². The SMILES string of the molecule is O=C(Nc1ccc(-c2nnnn2C2CC2)cc1)C1CC(=O)N(C2CCCC2)C1. The Balaban J connectivity index is 1.23. The van der Waals surface area contributed by atoms with Gasteiger partial charge in [-0.25, -0.2) is 4.68 Å². The lowest BCUT2D eigenvalue weighted by atomic mass is 10.1. The molecular formula is C20H24N6O2. The number of hydrogen-bond donors (Lipinski definition) is 1. The van der Waals surface area contributed by atoms with Crippen LogP contribution in [0.3, 0.4) is 0 Å². The van der Waals surface area contributed by atoms with Gasteiger partial charge in [-0.2, -0.15) is 0 Å². The third-order valence-electron chi connectivity index (χ3n) is 6.09. The maximum atomic E-state index is 12.7. The molecule has 1 aromatic heterocycles. The van der Waals surface area contributed by atoms with E-state index in [1.807, 2.05) is 33.8 Å². The molecule has 1 atom stereocenters. The van der Waals surface area contributed by atoms with Crippen LogP contribution in [0.25, 0.3) is 11.4 Å². The molecule has 146 valence electrons. The molecule has 1 unspecified atom stereocenters. The van der Waals surface area contributed by atoms with Crippen LogP contribution in [0.4, 0.5) is 5.69 Å². The van der Waals surface area contributed by atoms with Crippen LogP contribution in [0.2, 0.25) is 0 Å². The highest BCUT2D eigenvalue weighted by molar-refractivity contribution is 5.97. The fraction of sp³-hybridized carbons (Fsp3) is 0.550. The standard InChI is InChI=1S/C20H24N6O2/c27-18-11-14(12-25(18)16-3-1-2-4-16)20(28)21-15-7-5-13(6-8-15)19-22-23-24-26(19)17-9-10-17/h5-8,14,16-17H,1-4,9-12H2,(H,21,28). The summed E-state index contributed by atoms with van der Waals surface area (Å²) < 4.78 is 1.87. The molecule has 0 radical (unpaired) electrons. The highest BCUT2D eigenvalue weighted by Gasteiger charge is 2.38. The smallest absolute Gasteiger partial charge is 0.229 e. The van der Waals surface area contributed by atoms with Crippen molar-refractivity contribution in [2.24, 2.45) is 5.92 Å². The van der Waals surface area contributed by atoms with Gasteiger partial charge in [-0.1, -0.05) is 12.8 Å². The Kier molecular flexibility index (Phi) is 4.33. The predicted octanol–water partition coefficient (Wildman–Crippen LogP) is 2.40. The number of likely N-dealkylation sites (tertiary alicyclic amines) is 1. The zero-order valence-electron chi connectivity index (χ0n) is 15.8. The minimum atomic E-state index is -0.269. The van der Waals surface area contributed by atoms with Gasteiger partial charge in [-0.15, -0.1) is 5.10 Å². The van der Waals surface area contributed by atoms with Gasteiger partial charge in [0.15, 0.2) is 5.82 Å². The van der Waals surface area contributed by atoms with Crippen molar-refractivity contribution in [3.05, 3.63) is 24.3 Å². The number of nitrogens with one attached hydrogen (secondary N) is 1. The van der Waals surface area contributed by atoms with Crippen molar-refractivity contribution >= 4 is 17.5 Å². The monoisotopic (exact) mass is 380 g/mol. The molecule has 5 rings (SSSR count). The van der Waals surface area contributed by atoms with Gasteiger partial charge >= 0.3 is 0 Å². The fourth-order valence-corrected chi connectivity index (χ4v) is 4.37. The van der Waals surface area contributed by atoms with Crippen LogP contribution in [0, 0.1) is 5.92 Å². The Hall–Kier alpha value is -2.77. The first-order chi connectivity index (χ1) is 13.7. The van der Waals surface area contributed by atoms with Crippen molar-refractivity contribution in [2.75, 3.05) is 11.9 Å². The lowest BCUT2D eigenvalue weighted by Gasteiger charge is -2.23. The van der Waals surface area contributed by atoms with Crippen LogP contribution in [0.5, 0.6) is 0 Å². The molecule has 3 fully saturated rings. The number of nitrogens with zero attached hydrogens (tertiary/aromatic N) is 5. The van der Waals surface area contributed by atoms with Gasteiger partial charge in [0.1, 0.15) is 0 Å². The van der Waals surface area contributed by atoms with Crippen molar-refractivity contribution in [3.8, 4) is 11.4 Å². The topological polar surface area (TPSA) is 93.0 Å². The van der Waals surface area contributed by atoms with Crippen molar-refractivity contribution in [1.82, 2.24) is 25.1 Å². The van der Waals surface area contributed by atoms with Crippen LogP contribution >= 0.6 is 0 Å². The van der Waals surface area contributed by atoms with Gasteiger partial charge in [-0.3, -0.25) is 9.59 Å². The average Bonchev–Trinajstić information content (AvgIpc) is 3.11. The molecule has 28 heavy (non-hydrogen) atoms. The van der Waals surface area contributed by atoms with Gasteiger partial charge in [-0.05, 0) is 60.4 Å². The Morgan fingerprint density at radius 2 is 1.79 bits per heavy atom. The van der Waals surface area contributed by atoms with Gasteiger partial charge in [0.05, 0.1) is 12.0 Å². The van der Waals surface area contributed by atoms with E-state index in [0.29, 0.717) is 25.0 Å². The quantitative estimate of drug-likeness (QED) is 0.860. The van der Waals surface area contributed by atoms with E-state index in [0.717, 1.165) is 42.8 Å². The number of hydrogen-bond acceptors (Lipinski definition) is 5. The fourth-order valence-electron chi connectivity index (χ4n) is 4.37. The highest BCUT2D eigenvalue weighted by atomic mass is 16.2. The second-order valence-corrected chi connectivity index (χ2v) is 8.13. The molecular weight excluding hydrogens is 356 g/mol. The third-order valence-corrected chi connectivity index (χ3v) is 6.09. The summed E-state index contributed by atoms with van der Waals surface area (Å²) in [7, 11) is 0. The second kappa shape index (κ2) is 7.00. The molecule has 2 amide bonds. The van der Waals surface area contributed by atoms with Crippen LogP contribution in [-0.4, -0.2) is 49.5 Å². The van der Waals surface area contributed by atoms with Crippen LogP contribution in [0.1, 0.15) is 51.0 Å². The number of aromatic nitrogens is 4. The molecule has 2 aromatic rings. The molecule has 3 aliphatic rings. The Bertz CT molecular complexity index is 882. The summed E-state index contributed by atoms with van der Waals surface area (Å²) in [5.41, 5.74) is 1.66. The zero-order valence-corrected chi connectivity index (χ0v) is 15.8. The number of amides is 2. The molecule has 0 bridgehead atoms. The zero-order chi connectivity index (χ0) is 19.1. The van der Waals surface area contributed by atoms with E-state index in [2.05, 4.69) is 20.8 Å². The number of tetrazole rings is 1. The largest absolute Gasteiger partial charge is 0.339 e. The van der Waals surface area contributed by atoms with Crippen LogP contribution < -0.4 is 5.32 Å². The van der Waals surface area contributed by atoms with Crippen molar-refractivity contribution in [3.63, 3.8) is 0 Å². The van der Waals surface area contributed by atoms with E-state index in [9.17, 15) is 9.59 Å². The minimum Gasteiger partial charge on any atom is -0.339 e. The molecule has 1 aromatic carbocycles. The van der Waals surface area contributed by atoms with Crippen molar-refractivity contribution < 1.29 is 9.59 Å². The van der Waals surface area contributed by atoms with Gasteiger partial charge in [0.25, 0.3) is 0 Å². The average molecular weight is 380 g/mol. The van der Waals surface area contributed by atoms with E-state index in [-0.39, 0.29) is 17.7 Å². The van der Waals surface area contributed by atoms with Crippen LogP contribution in [0.15, 0.2) is 24.3 Å². The summed E-state index contributed by atoms with van der Waals surface area (Å²) in [5, 5.41) is 14.9. The Morgan fingerprint density at radius 3 is 2.50 bits per heavy atom. The molecule has 1 saturated heterocycles. The Morgan fingerprint density at radius 1 is 1.04 bits per heavy atom. The minimum absolute atomic E-state index is 0.0792. The molecule has 8 heteroatoms. The molecule has 8 nitrogen and oxygen atoms in total. The van der Waals surface area contributed by atoms with E-state index < -0.39 is 0 Å². The van der Waals surface area contributed by atoms with Crippen LogP contribution in [-0.2, 0) is 9.59 Å². The molecule has 1 aliphatic heterocycles. The van der Waals surface area contributed by atoms with E-state index in [1.54, 1.807) is 0 Å². The molecule has 1 N–H and O–H groups in total. The summed E-state index contributed by atoms with van der Waals surface area (Å²) in [6.07, 6.45) is 7.05. The van der Waals surface area contributed by atoms with Gasteiger partial charge in [0.2, 0.25) is 11.8 Å². The first-order valence-electron chi connectivity index (χ1n) is 10.2. The third kappa shape index (κ3) is 3.27. The van der Waals surface area contributed by atoms with E-state index >= 15 is 0 Å². The normalized spacial score (nSPS) is 22.8. The number of carbonyl (C=O) groups is 2. The lowest BCUT2D eigenvalue weighted by molar-refractivity contribution is -0.129. The number of benzene rings is 1. The summed E-state index contributed by atoms with van der Waals surface area (Å²) in [5.74, 6) is 0.530. The summed E-state index contributed by atoms with van der Waals surface area (Å²) in [4.78, 5) is 26.9.